The Hall–Kier alpha value is -5.16. The molecule has 836 valence electrons. The van der Waals surface area contributed by atoms with Gasteiger partial charge in [-0.05, 0) is 194 Å². The topological polar surface area (TPSA) is 253 Å². The highest BCUT2D eigenvalue weighted by molar-refractivity contribution is 5.73. The van der Waals surface area contributed by atoms with E-state index in [9.17, 15) is 38.9 Å². The molecule has 0 radical (unpaired) electrons. The number of benzene rings is 1. The number of carbonyl (C=O) groups excluding carboxylic acids is 6. The summed E-state index contributed by atoms with van der Waals surface area (Å²) in [5, 5.41) is 19.9. The van der Waals surface area contributed by atoms with Gasteiger partial charge in [0.25, 0.3) is 5.69 Å². The van der Waals surface area contributed by atoms with Gasteiger partial charge in [0, 0.05) is 63.5 Å². The van der Waals surface area contributed by atoms with Gasteiger partial charge in [-0.25, -0.2) is 9.59 Å². The standard InChI is InChI=1S/C57H112N2O7.C52H91NO9.C11H26N2O/c1-9-15-19-23-25-33-41-52(39-31-21-17-11-3)55(60)63-48-37-29-27-35-43-54(66-57(62)65-50-47-59(51(7)8)46-45-58(13-5)14-6)44-36-28-30-38-49-64-56(61)53(40-32-22-18-12-4)42-34-26-24-20-16-10-2;1-5-9-13-17-19-27-35-45(33-25-15-11-7-3)50(54)59-43-31-23-21-29-37-48(61-52(56)62-49-41-39-47(40-42-49)53(57)58)38-30-22-24-32-44-60-51(55)46(34-26-16-12-8-4)36-28-20-18-14-10-6-2;1-5-12(6-2)7-8-13(9-10-14)11(3)4/h51-54H,9-50H2,1-8H3;39-42,45-46,48H,5-38,43-44H2,1-4H3;11,14H,5-10H2,1-4H3. The fourth-order valence-corrected chi connectivity index (χ4v) is 18.8. The number of hydrogen-bond acceptors (Lipinski definition) is 21. The summed E-state index contributed by atoms with van der Waals surface area (Å²) in [6.45, 7) is 47.7. The van der Waals surface area contributed by atoms with Crippen LogP contribution in [0.25, 0.3) is 0 Å². The third-order valence-electron chi connectivity index (χ3n) is 28.7. The van der Waals surface area contributed by atoms with Crippen LogP contribution in [-0.4, -0.2) is 195 Å². The molecule has 142 heavy (non-hydrogen) atoms. The van der Waals surface area contributed by atoms with E-state index < -0.39 is 17.2 Å². The van der Waals surface area contributed by atoms with Crippen molar-refractivity contribution in [3.05, 3.63) is 34.4 Å². The molecule has 0 amide bonds. The molecule has 0 aliphatic heterocycles. The largest absolute Gasteiger partial charge is 0.514 e. The number of nitro benzene ring substituents is 1. The number of rotatable bonds is 101. The number of non-ortho nitro benzene ring substituents is 1. The highest BCUT2D eigenvalue weighted by Crippen LogP contribution is 2.29. The molecule has 0 bridgehead atoms. The molecule has 1 aromatic carbocycles. The first-order valence-corrected chi connectivity index (χ1v) is 60.2. The average molecular weight is 2010 g/mol. The van der Waals surface area contributed by atoms with Gasteiger partial charge in [0.2, 0.25) is 0 Å². The molecule has 4 atom stereocenters. The predicted octanol–water partition coefficient (Wildman–Crippen LogP) is 33.4. The van der Waals surface area contributed by atoms with Gasteiger partial charge in [-0.2, -0.15) is 0 Å². The third kappa shape index (κ3) is 85.7. The molecule has 4 unspecified atom stereocenters. The lowest BCUT2D eigenvalue weighted by Gasteiger charge is -2.29. The van der Waals surface area contributed by atoms with Crippen LogP contribution in [0.1, 0.15) is 547 Å². The maximum Gasteiger partial charge on any atom is 0.514 e. The molecule has 0 fully saturated rings. The number of unbranched alkanes of at least 4 members (excludes halogenated alkanes) is 44. The molecule has 0 heterocycles. The zero-order valence-corrected chi connectivity index (χ0v) is 95.5. The summed E-state index contributed by atoms with van der Waals surface area (Å²) in [4.78, 5) is 98.3. The van der Waals surface area contributed by atoms with Crippen molar-refractivity contribution < 1.29 is 76.7 Å². The number of hydrogen-bond donors (Lipinski definition) is 1. The van der Waals surface area contributed by atoms with Crippen LogP contribution in [0.3, 0.4) is 0 Å². The third-order valence-corrected chi connectivity index (χ3v) is 28.7. The van der Waals surface area contributed by atoms with Gasteiger partial charge < -0.3 is 52.8 Å². The van der Waals surface area contributed by atoms with Gasteiger partial charge >= 0.3 is 36.2 Å². The molecular formula is C120H229N5O17. The van der Waals surface area contributed by atoms with Crippen molar-refractivity contribution in [2.45, 2.75) is 572 Å². The summed E-state index contributed by atoms with van der Waals surface area (Å²) in [5.74, 6) is 0.249. The fraction of sp³-hybridized carbons (Fsp3) is 0.900. The van der Waals surface area contributed by atoms with Gasteiger partial charge in [-0.1, -0.05) is 391 Å². The normalized spacial score (nSPS) is 12.8. The van der Waals surface area contributed by atoms with Crippen molar-refractivity contribution in [1.82, 2.24) is 19.6 Å². The quantitative estimate of drug-likeness (QED) is 0.0159. The number of carbonyl (C=O) groups is 6. The molecular weight excluding hydrogens is 1780 g/mol. The van der Waals surface area contributed by atoms with E-state index in [1.807, 2.05) is 0 Å². The smallest absolute Gasteiger partial charge is 0.465 e. The van der Waals surface area contributed by atoms with Crippen molar-refractivity contribution >= 4 is 41.9 Å². The zero-order valence-electron chi connectivity index (χ0n) is 95.5. The Morgan fingerprint density at radius 2 is 0.500 bits per heavy atom. The molecule has 1 rings (SSSR count). The van der Waals surface area contributed by atoms with Gasteiger partial charge in [0.1, 0.15) is 24.6 Å². The molecule has 22 nitrogen and oxygen atoms in total. The molecule has 0 aliphatic rings. The Morgan fingerprint density at radius 1 is 0.275 bits per heavy atom. The maximum atomic E-state index is 13.1. The van der Waals surface area contributed by atoms with Crippen molar-refractivity contribution in [3.8, 4) is 5.75 Å². The minimum absolute atomic E-state index is 0.00824. The molecule has 0 spiro atoms. The molecule has 0 saturated heterocycles. The van der Waals surface area contributed by atoms with Crippen LogP contribution in [-0.2, 0) is 52.3 Å². The van der Waals surface area contributed by atoms with Gasteiger partial charge in [-0.15, -0.1) is 0 Å². The van der Waals surface area contributed by atoms with Gasteiger partial charge in [0.05, 0.1) is 61.6 Å². The van der Waals surface area contributed by atoms with Crippen LogP contribution >= 0.6 is 0 Å². The first-order chi connectivity index (χ1) is 69.1. The van der Waals surface area contributed by atoms with E-state index in [0.29, 0.717) is 64.5 Å². The second-order valence-corrected chi connectivity index (χ2v) is 41.6. The number of likely N-dealkylation sites (N-methyl/N-ethyl adjacent to an activating group) is 2. The molecule has 1 N–H and O–H groups in total. The Balaban J connectivity index is 0. The highest BCUT2D eigenvalue weighted by Gasteiger charge is 2.26. The van der Waals surface area contributed by atoms with E-state index in [0.717, 1.165) is 277 Å². The molecule has 0 aliphatic carbocycles. The van der Waals surface area contributed by atoms with Crippen LogP contribution in [0.5, 0.6) is 5.75 Å². The number of ether oxygens (including phenoxy) is 8. The van der Waals surface area contributed by atoms with Gasteiger partial charge in [-0.3, -0.25) is 39.1 Å². The second kappa shape index (κ2) is 104. The molecule has 0 saturated carbocycles. The van der Waals surface area contributed by atoms with Crippen LogP contribution in [0.15, 0.2) is 24.3 Å². The Labute approximate surface area is 873 Å². The SMILES string of the molecule is CCCCCCCCC(CCCCCC)C(=O)OCCCCCCC(CCCCCCOC(=O)C(CCCCCC)CCCCCCCC)OC(=O)OCCN(CCN(CC)CC)C(C)C.CCCCCCCCC(CCCCCC)C(=O)OCCCCCCC(CCCCCCOC(=O)C(CCCCCC)CCCCCCCC)OC(=O)Oc1ccc([N+](=O)[O-])cc1.CCN(CC)CCN(CCO)C(C)C. The summed E-state index contributed by atoms with van der Waals surface area (Å²) in [6.07, 6.45) is 71.6. The summed E-state index contributed by atoms with van der Waals surface area (Å²) >= 11 is 0. The lowest BCUT2D eigenvalue weighted by Crippen LogP contribution is -2.40. The maximum absolute atomic E-state index is 13.1. The van der Waals surface area contributed by atoms with E-state index >= 15 is 0 Å². The second-order valence-electron chi connectivity index (χ2n) is 41.6. The minimum Gasteiger partial charge on any atom is -0.465 e. The lowest BCUT2D eigenvalue weighted by molar-refractivity contribution is -0.384. The predicted molar refractivity (Wildman–Crippen MR) is 593 cm³/mol. The van der Waals surface area contributed by atoms with E-state index in [1.165, 1.54) is 230 Å². The monoisotopic (exact) mass is 2010 g/mol. The number of nitro groups is 1. The van der Waals surface area contributed by atoms with E-state index in [-0.39, 0.29) is 77.8 Å². The first-order valence-electron chi connectivity index (χ1n) is 60.2. The first kappa shape index (κ1) is 139. The van der Waals surface area contributed by atoms with Crippen molar-refractivity contribution in [3.63, 3.8) is 0 Å². The van der Waals surface area contributed by atoms with Crippen LogP contribution in [0, 0.1) is 33.8 Å². The average Bonchev–Trinajstić information content (AvgIpc) is 0.876. The highest BCUT2D eigenvalue weighted by atomic mass is 16.7. The zero-order chi connectivity index (χ0) is 105. The summed E-state index contributed by atoms with van der Waals surface area (Å²) in [6, 6.07) is 6.26. The van der Waals surface area contributed by atoms with Crippen molar-refractivity contribution in [1.29, 1.82) is 0 Å². The molecule has 1 aromatic rings. The Morgan fingerprint density at radius 3 is 0.739 bits per heavy atom. The van der Waals surface area contributed by atoms with E-state index in [4.69, 9.17) is 43.0 Å². The van der Waals surface area contributed by atoms with Crippen LogP contribution < -0.4 is 4.74 Å². The fourth-order valence-electron chi connectivity index (χ4n) is 18.8. The van der Waals surface area contributed by atoms with E-state index in [2.05, 4.69) is 130 Å². The van der Waals surface area contributed by atoms with Crippen molar-refractivity contribution in [2.24, 2.45) is 23.7 Å². The molecule has 22 heteroatoms. The molecule has 0 aromatic heterocycles. The van der Waals surface area contributed by atoms with Crippen LogP contribution in [0.4, 0.5) is 15.3 Å². The van der Waals surface area contributed by atoms with Crippen LogP contribution in [0.2, 0.25) is 0 Å². The van der Waals surface area contributed by atoms with E-state index in [1.54, 1.807) is 0 Å². The number of aliphatic hydroxyl groups excluding tert-OH is 1. The number of esters is 4. The summed E-state index contributed by atoms with van der Waals surface area (Å²) in [5.41, 5.74) is -0.0843. The van der Waals surface area contributed by atoms with Gasteiger partial charge in [0.15, 0.2) is 0 Å². The Bertz CT molecular complexity index is 2820. The lowest BCUT2D eigenvalue weighted by atomic mass is 9.94. The number of aliphatic hydroxyl groups is 1. The minimum atomic E-state index is -0.821. The number of nitrogens with zero attached hydrogens (tertiary/aromatic N) is 5. The summed E-state index contributed by atoms with van der Waals surface area (Å²) < 4.78 is 46.1. The Kier molecular flexibility index (Phi) is 102. The van der Waals surface area contributed by atoms with Crippen molar-refractivity contribution in [2.75, 3.05) is 105 Å². The summed E-state index contributed by atoms with van der Waals surface area (Å²) in [7, 11) is 0.